The van der Waals surface area contributed by atoms with Gasteiger partial charge in [-0.2, -0.15) is 0 Å². The maximum absolute atomic E-state index is 5.69. The molecule has 1 atom stereocenters. The predicted molar refractivity (Wildman–Crippen MR) is 62.3 cm³/mol. The second kappa shape index (κ2) is 5.57. The zero-order valence-corrected chi connectivity index (χ0v) is 10.2. The summed E-state index contributed by atoms with van der Waals surface area (Å²) in [5.41, 5.74) is 0.975. The van der Waals surface area contributed by atoms with Gasteiger partial charge in [-0.05, 0) is 18.9 Å². The number of likely N-dealkylation sites (tertiary alicyclic amines) is 1. The zero-order chi connectivity index (χ0) is 11.4. The summed E-state index contributed by atoms with van der Waals surface area (Å²) in [5.74, 6) is 0.658. The summed E-state index contributed by atoms with van der Waals surface area (Å²) in [6.07, 6.45) is 4.54. The van der Waals surface area contributed by atoms with E-state index in [0.29, 0.717) is 11.1 Å². The Balaban J connectivity index is 1.84. The monoisotopic (exact) mass is 241 g/mol. The second-order valence-electron chi connectivity index (χ2n) is 4.18. The van der Waals surface area contributed by atoms with Gasteiger partial charge in [0.2, 0.25) is 0 Å². The molecule has 0 bridgehead atoms. The fraction of sp³-hybridized carbons (Fsp3) is 0.636. The molecule has 88 valence electrons. The Morgan fingerprint density at radius 2 is 2.38 bits per heavy atom. The average molecular weight is 242 g/mol. The molecular formula is C11H16ClN3O. The Bertz CT molecular complexity index is 331. The first-order valence-corrected chi connectivity index (χ1v) is 5.83. The normalized spacial score (nSPS) is 21.5. The van der Waals surface area contributed by atoms with Gasteiger partial charge in [0.1, 0.15) is 5.15 Å². The van der Waals surface area contributed by atoms with Gasteiger partial charge in [-0.1, -0.05) is 11.6 Å². The molecule has 1 aliphatic rings. The van der Waals surface area contributed by atoms with E-state index in [2.05, 4.69) is 14.9 Å². The van der Waals surface area contributed by atoms with E-state index >= 15 is 0 Å². The molecule has 1 aromatic rings. The van der Waals surface area contributed by atoms with E-state index < -0.39 is 0 Å². The van der Waals surface area contributed by atoms with Crippen LogP contribution in [0.2, 0.25) is 5.15 Å². The minimum atomic E-state index is 0.447. The number of methoxy groups -OCH3 is 1. The van der Waals surface area contributed by atoms with Crippen LogP contribution in [0.5, 0.6) is 0 Å². The second-order valence-corrected chi connectivity index (χ2v) is 4.56. The molecule has 0 aromatic carbocycles. The van der Waals surface area contributed by atoms with E-state index in [1.165, 1.54) is 6.42 Å². The maximum Gasteiger partial charge on any atom is 0.147 e. The standard InChI is InChI=1S/C11H16ClN3O/c1-16-8-9-2-3-15(6-9)7-10-4-14-11(12)5-13-10/h4-5,9H,2-3,6-8H2,1H3. The van der Waals surface area contributed by atoms with Gasteiger partial charge in [0.25, 0.3) is 0 Å². The van der Waals surface area contributed by atoms with E-state index in [9.17, 15) is 0 Å². The minimum absolute atomic E-state index is 0.447. The van der Waals surface area contributed by atoms with Crippen molar-refractivity contribution in [1.82, 2.24) is 14.9 Å². The van der Waals surface area contributed by atoms with Gasteiger partial charge in [0.15, 0.2) is 0 Å². The van der Waals surface area contributed by atoms with Gasteiger partial charge >= 0.3 is 0 Å². The first kappa shape index (κ1) is 11.8. The van der Waals surface area contributed by atoms with E-state index in [4.69, 9.17) is 16.3 Å². The molecule has 0 N–H and O–H groups in total. The van der Waals surface area contributed by atoms with Crippen molar-refractivity contribution in [2.24, 2.45) is 5.92 Å². The Morgan fingerprint density at radius 1 is 1.50 bits per heavy atom. The quantitative estimate of drug-likeness (QED) is 0.803. The van der Waals surface area contributed by atoms with Crippen molar-refractivity contribution in [2.45, 2.75) is 13.0 Å². The van der Waals surface area contributed by atoms with Crippen LogP contribution in [0.15, 0.2) is 12.4 Å². The Kier molecular flexibility index (Phi) is 4.09. The highest BCUT2D eigenvalue weighted by molar-refractivity contribution is 6.29. The summed E-state index contributed by atoms with van der Waals surface area (Å²) in [7, 11) is 1.76. The summed E-state index contributed by atoms with van der Waals surface area (Å²) < 4.78 is 5.17. The highest BCUT2D eigenvalue weighted by atomic mass is 35.5. The van der Waals surface area contributed by atoms with Gasteiger partial charge in [-0.3, -0.25) is 9.88 Å². The van der Waals surface area contributed by atoms with E-state index in [1.54, 1.807) is 19.5 Å². The van der Waals surface area contributed by atoms with Crippen LogP contribution in [-0.2, 0) is 11.3 Å². The number of rotatable bonds is 4. The van der Waals surface area contributed by atoms with Crippen molar-refractivity contribution < 1.29 is 4.74 Å². The first-order valence-electron chi connectivity index (χ1n) is 5.45. The van der Waals surface area contributed by atoms with Crippen molar-refractivity contribution in [3.8, 4) is 0 Å². The molecule has 1 unspecified atom stereocenters. The van der Waals surface area contributed by atoms with Crippen molar-refractivity contribution in [2.75, 3.05) is 26.8 Å². The van der Waals surface area contributed by atoms with Crippen molar-refractivity contribution >= 4 is 11.6 Å². The molecule has 16 heavy (non-hydrogen) atoms. The van der Waals surface area contributed by atoms with Crippen molar-refractivity contribution in [3.05, 3.63) is 23.2 Å². The van der Waals surface area contributed by atoms with E-state index in [0.717, 1.165) is 31.9 Å². The number of nitrogens with zero attached hydrogens (tertiary/aromatic N) is 3. The van der Waals surface area contributed by atoms with E-state index in [1.807, 2.05) is 0 Å². The topological polar surface area (TPSA) is 38.2 Å². The zero-order valence-electron chi connectivity index (χ0n) is 9.40. The van der Waals surface area contributed by atoms with Crippen LogP contribution in [0.4, 0.5) is 0 Å². The molecule has 5 heteroatoms. The molecule has 1 saturated heterocycles. The SMILES string of the molecule is COCC1CCN(Cc2cnc(Cl)cn2)C1. The third-order valence-corrected chi connectivity index (χ3v) is 3.03. The molecular weight excluding hydrogens is 226 g/mol. The lowest BCUT2D eigenvalue weighted by atomic mass is 10.1. The minimum Gasteiger partial charge on any atom is -0.384 e. The summed E-state index contributed by atoms with van der Waals surface area (Å²) in [6.45, 7) is 3.89. The molecule has 2 rings (SSSR count). The number of hydrogen-bond donors (Lipinski definition) is 0. The number of aromatic nitrogens is 2. The molecule has 2 heterocycles. The summed E-state index contributed by atoms with van der Waals surface area (Å²) in [5, 5.41) is 0.447. The van der Waals surface area contributed by atoms with Crippen LogP contribution in [-0.4, -0.2) is 41.7 Å². The molecule has 0 amide bonds. The molecule has 0 spiro atoms. The fourth-order valence-corrected chi connectivity index (χ4v) is 2.18. The molecule has 1 fully saturated rings. The van der Waals surface area contributed by atoms with Gasteiger partial charge in [-0.15, -0.1) is 0 Å². The van der Waals surface area contributed by atoms with Gasteiger partial charge < -0.3 is 4.74 Å². The van der Waals surface area contributed by atoms with E-state index in [-0.39, 0.29) is 0 Å². The van der Waals surface area contributed by atoms with Crippen molar-refractivity contribution in [1.29, 1.82) is 0 Å². The summed E-state index contributed by atoms with van der Waals surface area (Å²) >= 11 is 5.69. The van der Waals surface area contributed by atoms with Crippen LogP contribution in [0.25, 0.3) is 0 Å². The van der Waals surface area contributed by atoms with Crippen LogP contribution in [0.3, 0.4) is 0 Å². The number of halogens is 1. The molecule has 0 aliphatic carbocycles. The highest BCUT2D eigenvalue weighted by Crippen LogP contribution is 2.18. The van der Waals surface area contributed by atoms with Crippen LogP contribution in [0.1, 0.15) is 12.1 Å². The Labute approximate surface area is 101 Å². The average Bonchev–Trinajstić information content (AvgIpc) is 2.70. The predicted octanol–water partition coefficient (Wildman–Crippen LogP) is 1.60. The first-order chi connectivity index (χ1) is 7.78. The lowest BCUT2D eigenvalue weighted by Gasteiger charge is -2.14. The molecule has 0 saturated carbocycles. The highest BCUT2D eigenvalue weighted by Gasteiger charge is 2.22. The lowest BCUT2D eigenvalue weighted by molar-refractivity contribution is 0.152. The largest absolute Gasteiger partial charge is 0.384 e. The third-order valence-electron chi connectivity index (χ3n) is 2.83. The Morgan fingerprint density at radius 3 is 3.06 bits per heavy atom. The summed E-state index contributed by atoms with van der Waals surface area (Å²) in [6, 6.07) is 0. The maximum atomic E-state index is 5.69. The fourth-order valence-electron chi connectivity index (χ4n) is 2.08. The Hall–Kier alpha value is -0.710. The summed E-state index contributed by atoms with van der Waals surface area (Å²) in [4.78, 5) is 10.7. The third kappa shape index (κ3) is 3.14. The lowest BCUT2D eigenvalue weighted by Crippen LogP contribution is -2.21. The molecule has 0 radical (unpaired) electrons. The molecule has 4 nitrogen and oxygen atoms in total. The van der Waals surface area contributed by atoms with Crippen LogP contribution >= 0.6 is 11.6 Å². The number of ether oxygens (including phenoxy) is 1. The van der Waals surface area contributed by atoms with Gasteiger partial charge in [0, 0.05) is 20.2 Å². The van der Waals surface area contributed by atoms with Crippen molar-refractivity contribution in [3.63, 3.8) is 0 Å². The molecule has 1 aromatic heterocycles. The molecule has 1 aliphatic heterocycles. The van der Waals surface area contributed by atoms with Crippen LogP contribution < -0.4 is 0 Å². The van der Waals surface area contributed by atoms with Crippen LogP contribution in [0, 0.1) is 5.92 Å². The van der Waals surface area contributed by atoms with Gasteiger partial charge in [0.05, 0.1) is 24.7 Å². The smallest absolute Gasteiger partial charge is 0.147 e. The number of hydrogen-bond acceptors (Lipinski definition) is 4. The van der Waals surface area contributed by atoms with Gasteiger partial charge in [-0.25, -0.2) is 4.98 Å².